The van der Waals surface area contributed by atoms with Crippen molar-refractivity contribution in [3.8, 4) is 0 Å². The molecule has 4 nitrogen and oxygen atoms in total. The number of fused-ring (bicyclic) bond motifs is 1. The lowest BCUT2D eigenvalue weighted by Gasteiger charge is -2.36. The minimum Gasteiger partial charge on any atom is -0.507 e. The molecular formula is C22H25NO3. The van der Waals surface area contributed by atoms with Gasteiger partial charge in [0.05, 0.1) is 6.61 Å². The van der Waals surface area contributed by atoms with Crippen molar-refractivity contribution < 1.29 is 14.7 Å². The maximum absolute atomic E-state index is 13.0. The summed E-state index contributed by atoms with van der Waals surface area (Å²) in [7, 11) is 0. The standard InChI is InChI=1S/C22H25NO3/c1-16(2)12-13-22(23-26-15-17-8-4-3-5-9-17)19-11-7-6-10-18(19)20(24)14-21(22)25/h3-11,14,16,23-24H,12-13,15H2,1-2H3. The number of aliphatic hydroxyl groups is 1. The summed E-state index contributed by atoms with van der Waals surface area (Å²) in [6, 6.07) is 17.3. The summed E-state index contributed by atoms with van der Waals surface area (Å²) in [5.41, 5.74) is 4.53. The largest absolute Gasteiger partial charge is 0.507 e. The fourth-order valence-electron chi connectivity index (χ4n) is 3.27. The molecule has 2 aromatic rings. The molecule has 1 unspecified atom stereocenters. The van der Waals surface area contributed by atoms with E-state index in [-0.39, 0.29) is 11.5 Å². The Morgan fingerprint density at radius 1 is 1.08 bits per heavy atom. The molecule has 0 radical (unpaired) electrons. The van der Waals surface area contributed by atoms with E-state index in [2.05, 4.69) is 19.3 Å². The van der Waals surface area contributed by atoms with Crippen LogP contribution in [0.25, 0.3) is 5.76 Å². The molecule has 2 aromatic carbocycles. The molecule has 0 fully saturated rings. The van der Waals surface area contributed by atoms with E-state index in [1.807, 2.05) is 54.6 Å². The summed E-state index contributed by atoms with van der Waals surface area (Å²) < 4.78 is 0. The third kappa shape index (κ3) is 3.71. The van der Waals surface area contributed by atoms with Gasteiger partial charge in [0, 0.05) is 11.6 Å². The second-order valence-corrected chi connectivity index (χ2v) is 7.15. The highest BCUT2D eigenvalue weighted by atomic mass is 16.6. The number of aliphatic hydroxyl groups excluding tert-OH is 1. The van der Waals surface area contributed by atoms with Gasteiger partial charge < -0.3 is 5.11 Å². The summed E-state index contributed by atoms with van der Waals surface area (Å²) in [5.74, 6) is 0.278. The summed E-state index contributed by atoms with van der Waals surface area (Å²) in [6.07, 6.45) is 2.76. The first kappa shape index (κ1) is 18.4. The van der Waals surface area contributed by atoms with Crippen LogP contribution >= 0.6 is 0 Å². The molecule has 3 rings (SSSR count). The molecule has 2 N–H and O–H groups in total. The van der Waals surface area contributed by atoms with E-state index in [1.54, 1.807) is 0 Å². The minimum atomic E-state index is -0.984. The lowest BCUT2D eigenvalue weighted by molar-refractivity contribution is -0.131. The van der Waals surface area contributed by atoms with E-state index in [1.165, 1.54) is 6.08 Å². The average Bonchev–Trinajstić information content (AvgIpc) is 2.64. The normalized spacial score (nSPS) is 19.3. The molecular weight excluding hydrogens is 326 g/mol. The number of ketones is 1. The molecule has 0 heterocycles. The van der Waals surface area contributed by atoms with Crippen molar-refractivity contribution in [3.05, 3.63) is 77.4 Å². The van der Waals surface area contributed by atoms with E-state index < -0.39 is 5.54 Å². The maximum Gasteiger partial charge on any atom is 0.186 e. The van der Waals surface area contributed by atoms with Crippen molar-refractivity contribution in [3.63, 3.8) is 0 Å². The van der Waals surface area contributed by atoms with Gasteiger partial charge in [-0.05, 0) is 29.9 Å². The lowest BCUT2D eigenvalue weighted by Crippen LogP contribution is -2.50. The van der Waals surface area contributed by atoms with Gasteiger partial charge in [0.15, 0.2) is 5.78 Å². The number of hydroxylamine groups is 1. The van der Waals surface area contributed by atoms with Gasteiger partial charge in [0.1, 0.15) is 11.3 Å². The SMILES string of the molecule is CC(C)CCC1(NOCc2ccccc2)C(=O)C=C(O)c2ccccc21. The van der Waals surface area contributed by atoms with Crippen LogP contribution in [0, 0.1) is 5.92 Å². The van der Waals surface area contributed by atoms with Gasteiger partial charge in [-0.25, -0.2) is 0 Å². The van der Waals surface area contributed by atoms with Gasteiger partial charge in [-0.3, -0.25) is 9.63 Å². The summed E-state index contributed by atoms with van der Waals surface area (Å²) in [6.45, 7) is 4.62. The van der Waals surface area contributed by atoms with Crippen molar-refractivity contribution in [2.45, 2.75) is 38.8 Å². The predicted octanol–water partition coefficient (Wildman–Crippen LogP) is 4.52. The molecule has 1 atom stereocenters. The van der Waals surface area contributed by atoms with Crippen molar-refractivity contribution in [1.29, 1.82) is 0 Å². The number of nitrogens with one attached hydrogen (secondary N) is 1. The van der Waals surface area contributed by atoms with Crippen LogP contribution in [0.15, 0.2) is 60.7 Å². The van der Waals surface area contributed by atoms with Crippen molar-refractivity contribution >= 4 is 11.5 Å². The molecule has 0 saturated heterocycles. The number of carbonyl (C=O) groups is 1. The Bertz CT molecular complexity index is 798. The number of hydrogen-bond donors (Lipinski definition) is 2. The first-order valence-electron chi connectivity index (χ1n) is 9.01. The molecule has 26 heavy (non-hydrogen) atoms. The van der Waals surface area contributed by atoms with Crippen LogP contribution in [-0.4, -0.2) is 10.9 Å². The van der Waals surface area contributed by atoms with Crippen molar-refractivity contribution in [1.82, 2.24) is 5.48 Å². The van der Waals surface area contributed by atoms with Gasteiger partial charge in [-0.2, -0.15) is 5.48 Å². The van der Waals surface area contributed by atoms with E-state index >= 15 is 0 Å². The van der Waals surface area contributed by atoms with Crippen LogP contribution in [0.3, 0.4) is 0 Å². The second-order valence-electron chi connectivity index (χ2n) is 7.15. The Morgan fingerprint density at radius 3 is 2.50 bits per heavy atom. The Labute approximate surface area is 154 Å². The van der Waals surface area contributed by atoms with Crippen LogP contribution in [0.5, 0.6) is 0 Å². The van der Waals surface area contributed by atoms with Crippen molar-refractivity contribution in [2.75, 3.05) is 0 Å². The number of hydrogen-bond acceptors (Lipinski definition) is 4. The Hall–Kier alpha value is -2.43. The molecule has 0 amide bonds. The summed E-state index contributed by atoms with van der Waals surface area (Å²) in [4.78, 5) is 18.7. The van der Waals surface area contributed by atoms with Gasteiger partial charge in [-0.15, -0.1) is 0 Å². The highest BCUT2D eigenvalue weighted by molar-refractivity contribution is 6.06. The zero-order valence-electron chi connectivity index (χ0n) is 15.2. The van der Waals surface area contributed by atoms with E-state index in [9.17, 15) is 9.90 Å². The molecule has 0 aliphatic heterocycles. The van der Waals surface area contributed by atoms with Crippen LogP contribution < -0.4 is 5.48 Å². The van der Waals surface area contributed by atoms with Crippen LogP contribution in [0.2, 0.25) is 0 Å². The maximum atomic E-state index is 13.0. The quantitative estimate of drug-likeness (QED) is 0.720. The number of carbonyl (C=O) groups excluding carboxylic acids is 1. The average molecular weight is 351 g/mol. The molecule has 1 aliphatic carbocycles. The third-order valence-electron chi connectivity index (χ3n) is 4.78. The van der Waals surface area contributed by atoms with Crippen LogP contribution in [0.1, 0.15) is 43.4 Å². The molecule has 0 aromatic heterocycles. The van der Waals surface area contributed by atoms with Gasteiger partial charge in [-0.1, -0.05) is 68.4 Å². The molecule has 4 heteroatoms. The highest BCUT2D eigenvalue weighted by Gasteiger charge is 2.44. The van der Waals surface area contributed by atoms with E-state index in [0.717, 1.165) is 17.5 Å². The first-order chi connectivity index (χ1) is 12.5. The third-order valence-corrected chi connectivity index (χ3v) is 4.78. The van der Waals surface area contributed by atoms with Gasteiger partial charge >= 0.3 is 0 Å². The Morgan fingerprint density at radius 2 is 1.77 bits per heavy atom. The fraction of sp³-hybridized carbons (Fsp3) is 0.318. The van der Waals surface area contributed by atoms with E-state index in [4.69, 9.17) is 4.84 Å². The molecule has 0 spiro atoms. The molecule has 0 saturated carbocycles. The molecule has 1 aliphatic rings. The summed E-state index contributed by atoms with van der Waals surface area (Å²) in [5, 5.41) is 10.2. The lowest BCUT2D eigenvalue weighted by atomic mass is 9.75. The van der Waals surface area contributed by atoms with E-state index in [0.29, 0.717) is 24.5 Å². The first-order valence-corrected chi connectivity index (χ1v) is 9.01. The minimum absolute atomic E-state index is 0.00984. The van der Waals surface area contributed by atoms with Crippen molar-refractivity contribution in [2.24, 2.45) is 5.92 Å². The monoisotopic (exact) mass is 351 g/mol. The van der Waals surface area contributed by atoms with Gasteiger partial charge in [0.2, 0.25) is 0 Å². The topological polar surface area (TPSA) is 58.6 Å². The highest BCUT2D eigenvalue weighted by Crippen LogP contribution is 2.38. The second kappa shape index (κ2) is 7.85. The Kier molecular flexibility index (Phi) is 5.55. The molecule has 0 bridgehead atoms. The predicted molar refractivity (Wildman–Crippen MR) is 102 cm³/mol. The van der Waals surface area contributed by atoms with Crippen LogP contribution in [-0.2, 0) is 21.8 Å². The van der Waals surface area contributed by atoms with Gasteiger partial charge in [0.25, 0.3) is 0 Å². The zero-order chi connectivity index (χ0) is 18.6. The number of rotatable bonds is 7. The smallest absolute Gasteiger partial charge is 0.186 e. The zero-order valence-corrected chi connectivity index (χ0v) is 15.2. The molecule has 136 valence electrons. The van der Waals surface area contributed by atoms with Crippen LogP contribution in [0.4, 0.5) is 0 Å². The summed E-state index contributed by atoms with van der Waals surface area (Å²) >= 11 is 0. The number of benzene rings is 2. The Balaban J connectivity index is 1.90. The fourth-order valence-corrected chi connectivity index (χ4v) is 3.27.